The number of benzene rings is 1. The van der Waals surface area contributed by atoms with E-state index in [2.05, 4.69) is 32.5 Å². The third-order valence-electron chi connectivity index (χ3n) is 2.98. The second kappa shape index (κ2) is 5.52. The van der Waals surface area contributed by atoms with Gasteiger partial charge in [0.25, 0.3) is 0 Å². The van der Waals surface area contributed by atoms with Crippen molar-refractivity contribution >= 4 is 5.82 Å². The summed E-state index contributed by atoms with van der Waals surface area (Å²) in [5.41, 5.74) is 2.23. The topological polar surface area (TPSA) is 55.6 Å². The summed E-state index contributed by atoms with van der Waals surface area (Å²) in [6, 6.07) is 11.9. The standard InChI is InChI=1S/C15H15N5/c1-12-16-9-7-15(19-12)17-11-13-5-2-3-6-14(13)20-10-4-8-18-20/h2-10H,11H2,1H3,(H,16,17,19). The van der Waals surface area contributed by atoms with Crippen molar-refractivity contribution in [2.24, 2.45) is 0 Å². The molecule has 0 saturated carbocycles. The second-order valence-electron chi connectivity index (χ2n) is 4.42. The molecule has 0 fully saturated rings. The first-order chi connectivity index (χ1) is 9.83. The Morgan fingerprint density at radius 3 is 2.80 bits per heavy atom. The summed E-state index contributed by atoms with van der Waals surface area (Å²) in [5, 5.41) is 7.59. The Hall–Kier alpha value is -2.69. The molecule has 0 spiro atoms. The van der Waals surface area contributed by atoms with Crippen molar-refractivity contribution in [3.8, 4) is 5.69 Å². The number of nitrogens with zero attached hydrogens (tertiary/aromatic N) is 4. The molecule has 0 aliphatic rings. The predicted molar refractivity (Wildman–Crippen MR) is 77.7 cm³/mol. The van der Waals surface area contributed by atoms with Crippen LogP contribution in [0, 0.1) is 6.92 Å². The van der Waals surface area contributed by atoms with E-state index >= 15 is 0 Å². The van der Waals surface area contributed by atoms with Crippen LogP contribution in [0.3, 0.4) is 0 Å². The maximum Gasteiger partial charge on any atom is 0.129 e. The van der Waals surface area contributed by atoms with Crippen molar-refractivity contribution < 1.29 is 0 Å². The van der Waals surface area contributed by atoms with E-state index in [1.165, 1.54) is 0 Å². The molecule has 5 nitrogen and oxygen atoms in total. The molecule has 100 valence electrons. The van der Waals surface area contributed by atoms with Gasteiger partial charge in [-0.05, 0) is 30.7 Å². The average Bonchev–Trinajstić information content (AvgIpc) is 3.00. The smallest absolute Gasteiger partial charge is 0.129 e. The lowest BCUT2D eigenvalue weighted by Gasteiger charge is -2.11. The fraction of sp³-hybridized carbons (Fsp3) is 0.133. The molecule has 1 N–H and O–H groups in total. The summed E-state index contributed by atoms with van der Waals surface area (Å²) in [5.74, 6) is 1.59. The fourth-order valence-electron chi connectivity index (χ4n) is 2.04. The number of hydrogen-bond donors (Lipinski definition) is 1. The van der Waals surface area contributed by atoms with Gasteiger partial charge in [-0.25, -0.2) is 14.6 Å². The van der Waals surface area contributed by atoms with Crippen LogP contribution in [-0.2, 0) is 6.54 Å². The predicted octanol–water partition coefficient (Wildman–Crippen LogP) is 2.58. The van der Waals surface area contributed by atoms with E-state index in [1.807, 2.05) is 42.1 Å². The number of rotatable bonds is 4. The van der Waals surface area contributed by atoms with Crippen LogP contribution in [0.1, 0.15) is 11.4 Å². The van der Waals surface area contributed by atoms with Crippen LogP contribution in [0.4, 0.5) is 5.82 Å². The van der Waals surface area contributed by atoms with Crippen LogP contribution in [0.2, 0.25) is 0 Å². The fourth-order valence-corrected chi connectivity index (χ4v) is 2.04. The zero-order valence-electron chi connectivity index (χ0n) is 11.2. The summed E-state index contributed by atoms with van der Waals surface area (Å²) in [4.78, 5) is 8.42. The Kier molecular flexibility index (Phi) is 3.41. The maximum atomic E-state index is 4.34. The molecule has 3 rings (SSSR count). The van der Waals surface area contributed by atoms with Crippen molar-refractivity contribution in [3.63, 3.8) is 0 Å². The number of nitrogens with one attached hydrogen (secondary N) is 1. The number of aryl methyl sites for hydroxylation is 1. The first kappa shape index (κ1) is 12.3. The highest BCUT2D eigenvalue weighted by atomic mass is 15.3. The summed E-state index contributed by atoms with van der Waals surface area (Å²) >= 11 is 0. The molecule has 5 heteroatoms. The summed E-state index contributed by atoms with van der Waals surface area (Å²) < 4.78 is 1.86. The Morgan fingerprint density at radius 2 is 2.00 bits per heavy atom. The van der Waals surface area contributed by atoms with Gasteiger partial charge in [-0.3, -0.25) is 0 Å². The third-order valence-corrected chi connectivity index (χ3v) is 2.98. The minimum atomic E-state index is 0.687. The summed E-state index contributed by atoms with van der Waals surface area (Å²) in [7, 11) is 0. The minimum Gasteiger partial charge on any atom is -0.366 e. The van der Waals surface area contributed by atoms with E-state index in [1.54, 1.807) is 12.4 Å². The zero-order chi connectivity index (χ0) is 13.8. The minimum absolute atomic E-state index is 0.687. The van der Waals surface area contributed by atoms with Gasteiger partial charge >= 0.3 is 0 Å². The molecular formula is C15H15N5. The molecule has 0 amide bonds. The van der Waals surface area contributed by atoms with E-state index in [0.717, 1.165) is 22.9 Å². The van der Waals surface area contributed by atoms with Gasteiger partial charge in [-0.2, -0.15) is 5.10 Å². The molecule has 0 radical (unpaired) electrons. The van der Waals surface area contributed by atoms with E-state index < -0.39 is 0 Å². The molecule has 1 aromatic carbocycles. The van der Waals surface area contributed by atoms with Crippen LogP contribution in [0.15, 0.2) is 55.0 Å². The van der Waals surface area contributed by atoms with Crippen LogP contribution < -0.4 is 5.32 Å². The van der Waals surface area contributed by atoms with Gasteiger partial charge in [0, 0.05) is 25.1 Å². The molecule has 0 aliphatic heterocycles. The maximum absolute atomic E-state index is 4.34. The molecule has 0 saturated heterocycles. The Bertz CT molecular complexity index is 691. The molecule has 0 unspecified atom stereocenters. The first-order valence-corrected chi connectivity index (χ1v) is 6.44. The Labute approximate surface area is 117 Å². The Balaban J connectivity index is 1.81. The molecule has 2 heterocycles. The number of hydrogen-bond acceptors (Lipinski definition) is 4. The van der Waals surface area contributed by atoms with E-state index in [4.69, 9.17) is 0 Å². The highest BCUT2D eigenvalue weighted by Gasteiger charge is 2.04. The Morgan fingerprint density at radius 1 is 1.10 bits per heavy atom. The van der Waals surface area contributed by atoms with Gasteiger partial charge in [-0.15, -0.1) is 0 Å². The van der Waals surface area contributed by atoms with E-state index in [0.29, 0.717) is 6.54 Å². The summed E-state index contributed by atoms with van der Waals surface area (Å²) in [6.45, 7) is 2.56. The van der Waals surface area contributed by atoms with Crippen LogP contribution in [-0.4, -0.2) is 19.7 Å². The lowest BCUT2D eigenvalue weighted by molar-refractivity contribution is 0.863. The quantitative estimate of drug-likeness (QED) is 0.787. The number of anilines is 1. The third kappa shape index (κ3) is 2.66. The van der Waals surface area contributed by atoms with Crippen LogP contribution >= 0.6 is 0 Å². The molecule has 3 aromatic rings. The SMILES string of the molecule is Cc1nccc(NCc2ccccc2-n2cccn2)n1. The highest BCUT2D eigenvalue weighted by molar-refractivity contribution is 5.43. The van der Waals surface area contributed by atoms with Crippen molar-refractivity contribution in [1.82, 2.24) is 19.7 Å². The van der Waals surface area contributed by atoms with Gasteiger partial charge in [0.05, 0.1) is 5.69 Å². The molecular weight excluding hydrogens is 250 g/mol. The number of aromatic nitrogens is 4. The largest absolute Gasteiger partial charge is 0.366 e. The van der Waals surface area contributed by atoms with Crippen molar-refractivity contribution in [1.29, 1.82) is 0 Å². The normalized spacial score (nSPS) is 10.4. The van der Waals surface area contributed by atoms with E-state index in [9.17, 15) is 0 Å². The van der Waals surface area contributed by atoms with Gasteiger partial charge in [0.1, 0.15) is 11.6 Å². The van der Waals surface area contributed by atoms with Gasteiger partial charge in [0.2, 0.25) is 0 Å². The lowest BCUT2D eigenvalue weighted by atomic mass is 10.2. The van der Waals surface area contributed by atoms with Crippen LogP contribution in [0.5, 0.6) is 0 Å². The first-order valence-electron chi connectivity index (χ1n) is 6.44. The molecule has 2 aromatic heterocycles. The van der Waals surface area contributed by atoms with Crippen molar-refractivity contribution in [3.05, 3.63) is 66.4 Å². The zero-order valence-corrected chi connectivity index (χ0v) is 11.2. The van der Waals surface area contributed by atoms with Crippen LogP contribution in [0.25, 0.3) is 5.69 Å². The van der Waals surface area contributed by atoms with Gasteiger partial charge in [0.15, 0.2) is 0 Å². The average molecular weight is 265 g/mol. The second-order valence-corrected chi connectivity index (χ2v) is 4.42. The van der Waals surface area contributed by atoms with Gasteiger partial charge in [-0.1, -0.05) is 18.2 Å². The molecule has 0 atom stereocenters. The van der Waals surface area contributed by atoms with Gasteiger partial charge < -0.3 is 5.32 Å². The number of para-hydroxylation sites is 1. The summed E-state index contributed by atoms with van der Waals surface area (Å²) in [6.07, 6.45) is 5.47. The molecule has 0 aliphatic carbocycles. The van der Waals surface area contributed by atoms with Crippen molar-refractivity contribution in [2.75, 3.05) is 5.32 Å². The lowest BCUT2D eigenvalue weighted by Crippen LogP contribution is -2.07. The van der Waals surface area contributed by atoms with Crippen molar-refractivity contribution in [2.45, 2.75) is 13.5 Å². The highest BCUT2D eigenvalue weighted by Crippen LogP contribution is 2.15. The monoisotopic (exact) mass is 265 g/mol. The molecule has 20 heavy (non-hydrogen) atoms. The van der Waals surface area contributed by atoms with E-state index in [-0.39, 0.29) is 0 Å². The molecule has 0 bridgehead atoms.